The van der Waals surface area contributed by atoms with Gasteiger partial charge in [-0.2, -0.15) is 0 Å². The lowest BCUT2D eigenvalue weighted by Crippen LogP contribution is -2.71. The monoisotopic (exact) mass is 294 g/mol. The van der Waals surface area contributed by atoms with E-state index in [0.717, 1.165) is 24.8 Å². The second-order valence-corrected chi connectivity index (χ2v) is 7.20. The van der Waals surface area contributed by atoms with E-state index >= 15 is 0 Å². The molecule has 0 aromatic rings. The highest BCUT2D eigenvalue weighted by Gasteiger charge is 2.75. The van der Waals surface area contributed by atoms with Crippen LogP contribution in [0.15, 0.2) is 12.2 Å². The lowest BCUT2D eigenvalue weighted by atomic mass is 9.59. The summed E-state index contributed by atoms with van der Waals surface area (Å²) in [6.07, 6.45) is 4.08. The van der Waals surface area contributed by atoms with Crippen molar-refractivity contribution in [3.05, 3.63) is 12.2 Å². The number of rotatable bonds is 3. The summed E-state index contributed by atoms with van der Waals surface area (Å²) < 4.78 is 17.9. The molecule has 3 rings (SSSR count). The minimum atomic E-state index is -0.960. The van der Waals surface area contributed by atoms with Crippen LogP contribution in [0.25, 0.3) is 0 Å². The zero-order valence-corrected chi connectivity index (χ0v) is 13.5. The Kier molecular flexibility index (Phi) is 3.36. The number of carbonyl (C=O) groups is 1. The molecule has 4 atom stereocenters. The summed E-state index contributed by atoms with van der Waals surface area (Å²) in [5, 5.41) is 0. The van der Waals surface area contributed by atoms with Gasteiger partial charge < -0.3 is 14.2 Å². The molecule has 0 aromatic carbocycles. The van der Waals surface area contributed by atoms with Gasteiger partial charge in [0.1, 0.15) is 0 Å². The van der Waals surface area contributed by atoms with E-state index in [0.29, 0.717) is 12.8 Å². The Labute approximate surface area is 126 Å². The molecule has 118 valence electrons. The van der Waals surface area contributed by atoms with E-state index < -0.39 is 11.4 Å². The Morgan fingerprint density at radius 1 is 1.33 bits per heavy atom. The third-order valence-electron chi connectivity index (χ3n) is 6.14. The van der Waals surface area contributed by atoms with Crippen molar-refractivity contribution in [2.24, 2.45) is 11.3 Å². The Hall–Kier alpha value is -0.710. The molecule has 0 N–H and O–H groups in total. The van der Waals surface area contributed by atoms with Crippen LogP contribution >= 0.6 is 0 Å². The average molecular weight is 294 g/mol. The standard InChI is InChI=1S/C17H26O4/c1-11(2)12-9-14(18)17-15(3,10-13(12)21-17)7-6-8-16(17,19-4)20-5/h12-13H,1,6-10H2,2-5H3/t12-,13-,15+,17-/m1/s1. The van der Waals surface area contributed by atoms with Crippen molar-refractivity contribution in [1.29, 1.82) is 0 Å². The van der Waals surface area contributed by atoms with Crippen molar-refractivity contribution in [2.75, 3.05) is 14.2 Å². The SMILES string of the molecule is C=C(C)[C@H]1CC(=O)[C@@]23O[C@@H]1C[C@]2(C)CCCC3(OC)OC. The van der Waals surface area contributed by atoms with Crippen LogP contribution in [0, 0.1) is 11.3 Å². The molecule has 2 heterocycles. The molecule has 1 saturated carbocycles. The van der Waals surface area contributed by atoms with E-state index in [-0.39, 0.29) is 23.2 Å². The quantitative estimate of drug-likeness (QED) is 0.593. The number of methoxy groups -OCH3 is 2. The van der Waals surface area contributed by atoms with E-state index in [1.165, 1.54) is 0 Å². The van der Waals surface area contributed by atoms with Crippen LogP contribution in [0.1, 0.15) is 46.0 Å². The Balaban J connectivity index is 2.13. The zero-order valence-electron chi connectivity index (χ0n) is 13.5. The van der Waals surface area contributed by atoms with Crippen molar-refractivity contribution in [3.63, 3.8) is 0 Å². The first-order valence-corrected chi connectivity index (χ1v) is 7.82. The minimum absolute atomic E-state index is 0.0491. The highest BCUT2D eigenvalue weighted by atomic mass is 16.7. The van der Waals surface area contributed by atoms with E-state index in [1.807, 2.05) is 6.92 Å². The maximum Gasteiger partial charge on any atom is 0.205 e. The summed E-state index contributed by atoms with van der Waals surface area (Å²) in [6.45, 7) is 8.20. The summed E-state index contributed by atoms with van der Waals surface area (Å²) >= 11 is 0. The fraction of sp³-hybridized carbons (Fsp3) is 0.824. The first-order valence-electron chi connectivity index (χ1n) is 7.82. The smallest absolute Gasteiger partial charge is 0.205 e. The van der Waals surface area contributed by atoms with Crippen molar-refractivity contribution in [1.82, 2.24) is 0 Å². The Bertz CT molecular complexity index is 481. The molecule has 3 aliphatic rings. The molecule has 1 aliphatic carbocycles. The topological polar surface area (TPSA) is 44.8 Å². The van der Waals surface area contributed by atoms with Gasteiger partial charge in [-0.3, -0.25) is 4.79 Å². The molecule has 4 nitrogen and oxygen atoms in total. The first-order chi connectivity index (χ1) is 9.86. The van der Waals surface area contributed by atoms with Gasteiger partial charge in [-0.05, 0) is 26.2 Å². The van der Waals surface area contributed by atoms with Crippen LogP contribution < -0.4 is 0 Å². The predicted octanol–water partition coefficient (Wildman–Crippen LogP) is 2.86. The van der Waals surface area contributed by atoms with Crippen LogP contribution in [0.5, 0.6) is 0 Å². The molecule has 1 spiro atoms. The third kappa shape index (κ3) is 1.64. The second kappa shape index (κ2) is 4.64. The van der Waals surface area contributed by atoms with E-state index in [9.17, 15) is 4.79 Å². The number of carbonyl (C=O) groups excluding carboxylic acids is 1. The molecule has 0 radical (unpaired) electrons. The van der Waals surface area contributed by atoms with Gasteiger partial charge in [-0.25, -0.2) is 0 Å². The van der Waals surface area contributed by atoms with Crippen molar-refractivity contribution in [2.45, 2.75) is 63.4 Å². The molecule has 0 unspecified atom stereocenters. The summed E-state index contributed by atoms with van der Waals surface area (Å²) in [7, 11) is 3.25. The van der Waals surface area contributed by atoms with Crippen molar-refractivity contribution >= 4 is 5.78 Å². The second-order valence-electron chi connectivity index (χ2n) is 7.20. The molecule has 0 aromatic heterocycles. The molecule has 21 heavy (non-hydrogen) atoms. The number of ketones is 1. The molecular formula is C17H26O4. The zero-order chi connectivity index (χ0) is 15.5. The van der Waals surface area contributed by atoms with Crippen LogP contribution in [0.3, 0.4) is 0 Å². The average Bonchev–Trinajstić information content (AvgIpc) is 2.72. The number of ether oxygens (including phenoxy) is 3. The lowest BCUT2D eigenvalue weighted by molar-refractivity contribution is -0.336. The predicted molar refractivity (Wildman–Crippen MR) is 78.9 cm³/mol. The van der Waals surface area contributed by atoms with Crippen LogP contribution in [0.4, 0.5) is 0 Å². The van der Waals surface area contributed by atoms with Gasteiger partial charge in [0.05, 0.1) is 6.10 Å². The Morgan fingerprint density at radius 2 is 2.00 bits per heavy atom. The molecular weight excluding hydrogens is 268 g/mol. The van der Waals surface area contributed by atoms with Gasteiger partial charge in [0, 0.05) is 38.4 Å². The third-order valence-corrected chi connectivity index (χ3v) is 6.14. The lowest BCUT2D eigenvalue weighted by Gasteiger charge is -2.56. The Morgan fingerprint density at radius 3 is 2.57 bits per heavy atom. The maximum atomic E-state index is 13.1. The van der Waals surface area contributed by atoms with Gasteiger partial charge in [-0.15, -0.1) is 0 Å². The molecule has 3 fully saturated rings. The van der Waals surface area contributed by atoms with Gasteiger partial charge in [0.15, 0.2) is 11.4 Å². The van der Waals surface area contributed by atoms with Gasteiger partial charge in [-0.1, -0.05) is 19.1 Å². The van der Waals surface area contributed by atoms with E-state index in [2.05, 4.69) is 13.5 Å². The summed E-state index contributed by atoms with van der Waals surface area (Å²) in [6, 6.07) is 0. The van der Waals surface area contributed by atoms with Crippen LogP contribution in [0.2, 0.25) is 0 Å². The van der Waals surface area contributed by atoms with E-state index in [1.54, 1.807) is 14.2 Å². The van der Waals surface area contributed by atoms with Crippen LogP contribution in [-0.2, 0) is 19.0 Å². The number of hydrogen-bond donors (Lipinski definition) is 0. The summed E-state index contributed by atoms with van der Waals surface area (Å²) in [5.41, 5.74) is -0.146. The minimum Gasteiger partial charge on any atom is -0.357 e. The number of hydrogen-bond acceptors (Lipinski definition) is 4. The van der Waals surface area contributed by atoms with Gasteiger partial charge in [0.25, 0.3) is 0 Å². The first kappa shape index (κ1) is 15.2. The molecule has 2 aliphatic heterocycles. The fourth-order valence-electron chi connectivity index (χ4n) is 5.09. The van der Waals surface area contributed by atoms with Gasteiger partial charge in [0.2, 0.25) is 5.79 Å². The highest BCUT2D eigenvalue weighted by Crippen LogP contribution is 2.64. The molecule has 0 amide bonds. The fourth-order valence-corrected chi connectivity index (χ4v) is 5.09. The largest absolute Gasteiger partial charge is 0.357 e. The number of Topliss-reactive ketones (excluding diaryl/α,β-unsaturated/α-hetero) is 1. The normalized spacial score (nSPS) is 44.5. The van der Waals surface area contributed by atoms with Crippen LogP contribution in [-0.4, -0.2) is 37.5 Å². The molecule has 4 heteroatoms. The number of fused-ring (bicyclic) bond motifs is 1. The van der Waals surface area contributed by atoms with Crippen molar-refractivity contribution < 1.29 is 19.0 Å². The molecule has 2 saturated heterocycles. The van der Waals surface area contributed by atoms with Gasteiger partial charge >= 0.3 is 0 Å². The van der Waals surface area contributed by atoms with E-state index in [4.69, 9.17) is 14.2 Å². The van der Waals surface area contributed by atoms with Crippen molar-refractivity contribution in [3.8, 4) is 0 Å². The molecule has 2 bridgehead atoms. The summed E-state index contributed by atoms with van der Waals surface area (Å²) in [4.78, 5) is 13.1. The maximum absolute atomic E-state index is 13.1. The summed E-state index contributed by atoms with van der Waals surface area (Å²) in [5.74, 6) is -0.710. The highest BCUT2D eigenvalue weighted by molar-refractivity contribution is 5.92.